The minimum absolute atomic E-state index is 0.750. The maximum Gasteiger partial charge on any atom is 0.104 e. The molecule has 0 amide bonds. The van der Waals surface area contributed by atoms with Gasteiger partial charge in [-0.2, -0.15) is 0 Å². The molecule has 2 aromatic rings. The zero-order valence-electron chi connectivity index (χ0n) is 8.37. The highest BCUT2D eigenvalue weighted by Crippen LogP contribution is 2.24. The summed E-state index contributed by atoms with van der Waals surface area (Å²) < 4.78 is 5.42. The summed E-state index contributed by atoms with van der Waals surface area (Å²) in [5, 5.41) is 0.750. The highest BCUT2D eigenvalue weighted by Gasteiger charge is 2.03. The first-order valence-electron chi connectivity index (χ1n) is 4.92. The van der Waals surface area contributed by atoms with Crippen LogP contribution in [0.5, 0.6) is 0 Å². The van der Waals surface area contributed by atoms with Crippen LogP contribution in [0.15, 0.2) is 41.0 Å². The summed E-state index contributed by atoms with van der Waals surface area (Å²) in [5.74, 6) is 0.981. The Balaban J connectivity index is 2.25. The van der Waals surface area contributed by atoms with Gasteiger partial charge in [0.1, 0.15) is 5.76 Å². The number of hydrogen-bond donors (Lipinski definition) is 0. The Hall–Kier alpha value is -1.21. The van der Waals surface area contributed by atoms with Crippen molar-refractivity contribution >= 4 is 11.6 Å². The van der Waals surface area contributed by atoms with Crippen molar-refractivity contribution in [1.29, 1.82) is 0 Å². The molecule has 2 rings (SSSR count). The lowest BCUT2D eigenvalue weighted by molar-refractivity contribution is 0.510. The predicted molar refractivity (Wildman–Crippen MR) is 62.8 cm³/mol. The van der Waals surface area contributed by atoms with E-state index < -0.39 is 0 Å². The van der Waals surface area contributed by atoms with E-state index in [4.69, 9.17) is 16.0 Å². The van der Waals surface area contributed by atoms with Gasteiger partial charge in [0.05, 0.1) is 6.26 Å². The van der Waals surface area contributed by atoms with E-state index >= 15 is 0 Å². The maximum absolute atomic E-state index is 5.82. The molecule has 0 spiro atoms. The number of benzene rings is 1. The van der Waals surface area contributed by atoms with Gasteiger partial charge < -0.3 is 4.42 Å². The van der Waals surface area contributed by atoms with E-state index in [1.807, 2.05) is 24.3 Å². The van der Waals surface area contributed by atoms with Crippen LogP contribution >= 0.6 is 11.6 Å². The van der Waals surface area contributed by atoms with Gasteiger partial charge in [-0.1, -0.05) is 30.7 Å². The van der Waals surface area contributed by atoms with Crippen LogP contribution in [0.2, 0.25) is 5.02 Å². The molecule has 0 unspecified atom stereocenters. The van der Waals surface area contributed by atoms with Gasteiger partial charge in [-0.3, -0.25) is 0 Å². The smallest absolute Gasteiger partial charge is 0.104 e. The molecule has 0 aliphatic rings. The van der Waals surface area contributed by atoms with Crippen LogP contribution in [0, 0.1) is 6.92 Å². The van der Waals surface area contributed by atoms with Crippen molar-refractivity contribution in [2.45, 2.75) is 12.8 Å². The van der Waals surface area contributed by atoms with Crippen LogP contribution in [0.4, 0.5) is 0 Å². The van der Waals surface area contributed by atoms with Gasteiger partial charge in [0, 0.05) is 17.0 Å². The molecular formula is C13H12ClO. The predicted octanol–water partition coefficient (Wildman–Crippen LogP) is 4.37. The average molecular weight is 220 g/mol. The van der Waals surface area contributed by atoms with Crippen molar-refractivity contribution < 1.29 is 4.42 Å². The monoisotopic (exact) mass is 219 g/mol. The fraction of sp³-hybridized carbons (Fsp3) is 0.154. The lowest BCUT2D eigenvalue weighted by Gasteiger charge is -1.95. The van der Waals surface area contributed by atoms with E-state index in [0.717, 1.165) is 34.8 Å². The van der Waals surface area contributed by atoms with Crippen molar-refractivity contribution in [2.75, 3.05) is 0 Å². The molecule has 0 saturated carbocycles. The standard InChI is InChI=1S/C13H12ClO/c1-2-3-13-8-11(9-15-13)10-4-6-12(14)7-5-10/h4-9H,1-3H2. The summed E-state index contributed by atoms with van der Waals surface area (Å²) in [5.41, 5.74) is 2.22. The Morgan fingerprint density at radius 1 is 1.13 bits per heavy atom. The fourth-order valence-corrected chi connectivity index (χ4v) is 1.61. The minimum atomic E-state index is 0.750. The molecule has 1 heterocycles. The topological polar surface area (TPSA) is 13.1 Å². The first kappa shape index (κ1) is 10.3. The summed E-state index contributed by atoms with van der Waals surface area (Å²) in [6.07, 6.45) is 3.51. The van der Waals surface area contributed by atoms with Crippen LogP contribution in [0.1, 0.15) is 12.2 Å². The van der Waals surface area contributed by atoms with Crippen molar-refractivity contribution in [1.82, 2.24) is 0 Å². The molecule has 15 heavy (non-hydrogen) atoms. The van der Waals surface area contributed by atoms with E-state index in [-0.39, 0.29) is 0 Å². The third-order valence-corrected chi connectivity index (χ3v) is 2.51. The molecule has 1 nitrogen and oxygen atoms in total. The van der Waals surface area contributed by atoms with Crippen LogP contribution in [-0.4, -0.2) is 0 Å². The van der Waals surface area contributed by atoms with Crippen LogP contribution in [0.25, 0.3) is 11.1 Å². The summed E-state index contributed by atoms with van der Waals surface area (Å²) in [6.45, 7) is 3.80. The zero-order chi connectivity index (χ0) is 10.7. The number of rotatable bonds is 3. The van der Waals surface area contributed by atoms with Gasteiger partial charge >= 0.3 is 0 Å². The molecule has 0 N–H and O–H groups in total. The van der Waals surface area contributed by atoms with Gasteiger partial charge in [-0.15, -0.1) is 0 Å². The largest absolute Gasteiger partial charge is 0.469 e. The fourth-order valence-electron chi connectivity index (χ4n) is 1.48. The molecule has 0 aliphatic heterocycles. The van der Waals surface area contributed by atoms with Crippen LogP contribution in [0.3, 0.4) is 0 Å². The first-order valence-corrected chi connectivity index (χ1v) is 5.30. The lowest BCUT2D eigenvalue weighted by Crippen LogP contribution is -1.76. The second kappa shape index (κ2) is 4.54. The Labute approximate surface area is 94.7 Å². The van der Waals surface area contributed by atoms with Gasteiger partial charge in [0.2, 0.25) is 0 Å². The van der Waals surface area contributed by atoms with Crippen LogP contribution < -0.4 is 0 Å². The molecule has 1 aromatic carbocycles. The highest BCUT2D eigenvalue weighted by atomic mass is 35.5. The maximum atomic E-state index is 5.82. The third kappa shape index (κ3) is 2.42. The quantitative estimate of drug-likeness (QED) is 0.747. The van der Waals surface area contributed by atoms with Crippen molar-refractivity contribution in [2.24, 2.45) is 0 Å². The average Bonchev–Trinajstić information content (AvgIpc) is 2.68. The molecule has 2 heteroatoms. The second-order valence-corrected chi connectivity index (χ2v) is 3.85. The molecule has 1 radical (unpaired) electrons. The highest BCUT2D eigenvalue weighted by molar-refractivity contribution is 6.30. The van der Waals surface area contributed by atoms with Gasteiger partial charge in [0.15, 0.2) is 0 Å². The van der Waals surface area contributed by atoms with Crippen molar-refractivity contribution in [3.05, 3.63) is 54.3 Å². The van der Waals surface area contributed by atoms with E-state index in [0.29, 0.717) is 0 Å². The van der Waals surface area contributed by atoms with E-state index in [1.165, 1.54) is 0 Å². The SMILES string of the molecule is [CH2]CCc1cc(-c2ccc(Cl)cc2)co1. The number of furan rings is 1. The van der Waals surface area contributed by atoms with Crippen molar-refractivity contribution in [3.8, 4) is 11.1 Å². The Morgan fingerprint density at radius 3 is 2.53 bits per heavy atom. The molecule has 77 valence electrons. The summed E-state index contributed by atoms with van der Waals surface area (Å²) in [4.78, 5) is 0. The van der Waals surface area contributed by atoms with Gasteiger partial charge in [0.25, 0.3) is 0 Å². The number of hydrogen-bond acceptors (Lipinski definition) is 1. The van der Waals surface area contributed by atoms with E-state index in [1.54, 1.807) is 6.26 Å². The van der Waals surface area contributed by atoms with Gasteiger partial charge in [-0.25, -0.2) is 0 Å². The summed E-state index contributed by atoms with van der Waals surface area (Å²) in [6, 6.07) is 9.78. The molecule has 1 aromatic heterocycles. The molecule has 0 fully saturated rings. The molecular weight excluding hydrogens is 208 g/mol. The van der Waals surface area contributed by atoms with Gasteiger partial charge in [-0.05, 0) is 30.2 Å². The van der Waals surface area contributed by atoms with Crippen LogP contribution in [-0.2, 0) is 6.42 Å². The van der Waals surface area contributed by atoms with Crippen molar-refractivity contribution in [3.63, 3.8) is 0 Å². The Bertz CT molecular complexity index is 428. The Kier molecular flexibility index (Phi) is 3.12. The first-order chi connectivity index (χ1) is 7.29. The molecule has 0 atom stereocenters. The normalized spacial score (nSPS) is 10.5. The van der Waals surface area contributed by atoms with E-state index in [2.05, 4.69) is 13.0 Å². The van der Waals surface area contributed by atoms with E-state index in [9.17, 15) is 0 Å². The molecule has 0 aliphatic carbocycles. The number of aryl methyl sites for hydroxylation is 1. The zero-order valence-corrected chi connectivity index (χ0v) is 9.13. The molecule has 0 saturated heterocycles. The summed E-state index contributed by atoms with van der Waals surface area (Å²) in [7, 11) is 0. The minimum Gasteiger partial charge on any atom is -0.469 e. The number of halogens is 1. The summed E-state index contributed by atoms with van der Waals surface area (Å²) >= 11 is 5.82. The lowest BCUT2D eigenvalue weighted by atomic mass is 10.1. The third-order valence-electron chi connectivity index (χ3n) is 2.25. The molecule has 0 bridgehead atoms. The Morgan fingerprint density at radius 2 is 1.87 bits per heavy atom. The second-order valence-electron chi connectivity index (χ2n) is 3.41.